The van der Waals surface area contributed by atoms with Crippen molar-refractivity contribution in [2.75, 3.05) is 52.4 Å². The lowest BCUT2D eigenvalue weighted by Gasteiger charge is -2.36. The van der Waals surface area contributed by atoms with E-state index < -0.39 is 6.10 Å². The van der Waals surface area contributed by atoms with Crippen LogP contribution in [0.4, 0.5) is 0 Å². The van der Waals surface area contributed by atoms with Crippen LogP contribution in [0.2, 0.25) is 0 Å². The molecular weight excluding hydrogens is 406 g/mol. The fourth-order valence-corrected chi connectivity index (χ4v) is 5.17. The van der Waals surface area contributed by atoms with Crippen molar-refractivity contribution in [1.82, 2.24) is 20.0 Å². The lowest BCUT2D eigenvalue weighted by molar-refractivity contribution is 0.111. The van der Waals surface area contributed by atoms with Gasteiger partial charge in [-0.3, -0.25) is 14.8 Å². The average molecular weight is 442 g/mol. The summed E-state index contributed by atoms with van der Waals surface area (Å²) in [5, 5.41) is 16.2. The number of β-amino-alcohol motifs (C(OH)–C–C–N with tert-alkyl or cyclic N) is 1. The topological polar surface area (TPSA) is 54.3 Å². The SMILES string of the molecule is CCNC(=NCC(O)CN1CCc2ccccc2C1)N1CCN(Cc2cccs2)CC1. The lowest BCUT2D eigenvalue weighted by atomic mass is 10.00. The number of fused-ring (bicyclic) bond motifs is 1. The Labute approximate surface area is 190 Å². The molecule has 3 heterocycles. The van der Waals surface area contributed by atoms with Crippen molar-refractivity contribution >= 4 is 17.3 Å². The number of hydrogen-bond acceptors (Lipinski definition) is 5. The summed E-state index contributed by atoms with van der Waals surface area (Å²) in [6, 6.07) is 13.0. The van der Waals surface area contributed by atoms with E-state index in [0.29, 0.717) is 13.1 Å². The van der Waals surface area contributed by atoms with Crippen LogP contribution in [0, 0.1) is 0 Å². The highest BCUT2D eigenvalue weighted by Crippen LogP contribution is 2.18. The number of guanidine groups is 1. The normalized spacial score (nSPS) is 19.3. The summed E-state index contributed by atoms with van der Waals surface area (Å²) in [6.07, 6.45) is 0.615. The maximum absolute atomic E-state index is 10.6. The van der Waals surface area contributed by atoms with E-state index in [1.807, 2.05) is 11.3 Å². The summed E-state index contributed by atoms with van der Waals surface area (Å²) < 4.78 is 0. The van der Waals surface area contributed by atoms with Gasteiger partial charge in [-0.1, -0.05) is 30.3 Å². The van der Waals surface area contributed by atoms with Gasteiger partial charge in [0.05, 0.1) is 12.6 Å². The van der Waals surface area contributed by atoms with Crippen molar-refractivity contribution in [3.8, 4) is 0 Å². The molecule has 1 atom stereocenters. The molecule has 31 heavy (non-hydrogen) atoms. The van der Waals surface area contributed by atoms with E-state index in [2.05, 4.69) is 68.7 Å². The minimum absolute atomic E-state index is 0.440. The highest BCUT2D eigenvalue weighted by atomic mass is 32.1. The van der Waals surface area contributed by atoms with Gasteiger partial charge in [0.2, 0.25) is 0 Å². The Hall–Kier alpha value is -1.93. The third-order valence-electron chi connectivity index (χ3n) is 6.10. The Kier molecular flexibility index (Phi) is 7.97. The number of nitrogens with one attached hydrogen (secondary N) is 1. The molecule has 1 unspecified atom stereocenters. The third kappa shape index (κ3) is 6.29. The highest BCUT2D eigenvalue weighted by molar-refractivity contribution is 7.09. The first-order valence-corrected chi connectivity index (χ1v) is 12.3. The van der Waals surface area contributed by atoms with E-state index in [-0.39, 0.29) is 0 Å². The number of benzene rings is 1. The smallest absolute Gasteiger partial charge is 0.194 e. The van der Waals surface area contributed by atoms with Crippen LogP contribution >= 0.6 is 11.3 Å². The van der Waals surface area contributed by atoms with Gasteiger partial charge in [0, 0.05) is 63.8 Å². The number of aliphatic imine (C=N–C) groups is 1. The maximum atomic E-state index is 10.6. The fraction of sp³-hybridized carbons (Fsp3) is 0.542. The number of aliphatic hydroxyl groups is 1. The van der Waals surface area contributed by atoms with Crippen LogP contribution in [0.25, 0.3) is 0 Å². The summed E-state index contributed by atoms with van der Waals surface area (Å²) in [5.74, 6) is 0.932. The van der Waals surface area contributed by atoms with Crippen LogP contribution in [0.1, 0.15) is 22.9 Å². The predicted molar refractivity (Wildman–Crippen MR) is 129 cm³/mol. The van der Waals surface area contributed by atoms with Crippen molar-refractivity contribution in [2.24, 2.45) is 4.99 Å². The van der Waals surface area contributed by atoms with Crippen molar-refractivity contribution in [1.29, 1.82) is 0 Å². The molecule has 0 spiro atoms. The summed E-state index contributed by atoms with van der Waals surface area (Å²) >= 11 is 1.83. The molecule has 1 aromatic heterocycles. The van der Waals surface area contributed by atoms with Gasteiger partial charge in [-0.2, -0.15) is 0 Å². The van der Waals surface area contributed by atoms with Gasteiger partial charge >= 0.3 is 0 Å². The standard InChI is InChI=1S/C24H35N5OS/c1-2-25-24(29-13-11-27(12-14-29)19-23-8-5-15-31-23)26-16-22(30)18-28-10-9-20-6-3-4-7-21(20)17-28/h3-8,15,22,30H,2,9-14,16-19H2,1H3,(H,25,26). The van der Waals surface area contributed by atoms with Crippen LogP contribution in [0.3, 0.4) is 0 Å². The van der Waals surface area contributed by atoms with Gasteiger partial charge in [-0.15, -0.1) is 11.3 Å². The van der Waals surface area contributed by atoms with Crippen LogP contribution in [-0.4, -0.2) is 84.2 Å². The molecule has 2 aliphatic rings. The summed E-state index contributed by atoms with van der Waals surface area (Å²) in [6.45, 7) is 11.0. The van der Waals surface area contributed by atoms with Gasteiger partial charge in [0.15, 0.2) is 5.96 Å². The molecule has 1 fully saturated rings. The Morgan fingerprint density at radius 1 is 1.06 bits per heavy atom. The minimum Gasteiger partial charge on any atom is -0.390 e. The predicted octanol–water partition coefficient (Wildman–Crippen LogP) is 2.25. The van der Waals surface area contributed by atoms with E-state index in [9.17, 15) is 5.11 Å². The van der Waals surface area contributed by atoms with E-state index in [1.165, 1.54) is 16.0 Å². The molecule has 0 amide bonds. The Bertz CT molecular complexity index is 832. The molecule has 0 aliphatic carbocycles. The lowest BCUT2D eigenvalue weighted by Crippen LogP contribution is -2.52. The number of nitrogens with zero attached hydrogens (tertiary/aromatic N) is 4. The molecule has 2 aliphatic heterocycles. The molecule has 2 N–H and O–H groups in total. The first-order valence-electron chi connectivity index (χ1n) is 11.5. The second kappa shape index (κ2) is 11.1. The molecular formula is C24H35N5OS. The van der Waals surface area contributed by atoms with E-state index in [0.717, 1.165) is 64.7 Å². The summed E-state index contributed by atoms with van der Waals surface area (Å²) in [5.41, 5.74) is 2.83. The minimum atomic E-state index is -0.445. The first kappa shape index (κ1) is 22.3. The third-order valence-corrected chi connectivity index (χ3v) is 6.96. The second-order valence-corrected chi connectivity index (χ2v) is 9.48. The molecule has 6 nitrogen and oxygen atoms in total. The zero-order valence-corrected chi connectivity index (χ0v) is 19.4. The molecule has 168 valence electrons. The van der Waals surface area contributed by atoms with Gasteiger partial charge < -0.3 is 15.3 Å². The van der Waals surface area contributed by atoms with E-state index >= 15 is 0 Å². The van der Waals surface area contributed by atoms with Gasteiger partial charge in [0.25, 0.3) is 0 Å². The Morgan fingerprint density at radius 2 is 1.87 bits per heavy atom. The Balaban J connectivity index is 1.26. The molecule has 4 rings (SSSR count). The number of aliphatic hydroxyl groups excluding tert-OH is 1. The van der Waals surface area contributed by atoms with Gasteiger partial charge in [0.1, 0.15) is 0 Å². The quantitative estimate of drug-likeness (QED) is 0.510. The van der Waals surface area contributed by atoms with Crippen molar-refractivity contribution in [2.45, 2.75) is 32.5 Å². The van der Waals surface area contributed by atoms with Crippen LogP contribution in [0.5, 0.6) is 0 Å². The monoisotopic (exact) mass is 441 g/mol. The van der Waals surface area contributed by atoms with Crippen LogP contribution < -0.4 is 5.32 Å². The number of thiophene rings is 1. The van der Waals surface area contributed by atoms with Crippen molar-refractivity contribution in [3.63, 3.8) is 0 Å². The molecule has 0 radical (unpaired) electrons. The highest BCUT2D eigenvalue weighted by Gasteiger charge is 2.21. The average Bonchev–Trinajstić information content (AvgIpc) is 3.30. The largest absolute Gasteiger partial charge is 0.390 e. The maximum Gasteiger partial charge on any atom is 0.194 e. The number of hydrogen-bond donors (Lipinski definition) is 2. The fourth-order valence-electron chi connectivity index (χ4n) is 4.42. The second-order valence-electron chi connectivity index (χ2n) is 8.44. The molecule has 7 heteroatoms. The van der Waals surface area contributed by atoms with E-state index in [4.69, 9.17) is 4.99 Å². The first-order chi connectivity index (χ1) is 15.2. The molecule has 1 aromatic carbocycles. The zero-order valence-electron chi connectivity index (χ0n) is 18.5. The molecule has 0 saturated carbocycles. The van der Waals surface area contributed by atoms with Crippen LogP contribution in [-0.2, 0) is 19.5 Å². The van der Waals surface area contributed by atoms with Gasteiger partial charge in [-0.25, -0.2) is 0 Å². The molecule has 1 saturated heterocycles. The Morgan fingerprint density at radius 3 is 2.61 bits per heavy atom. The van der Waals surface area contributed by atoms with Gasteiger partial charge in [-0.05, 0) is 35.9 Å². The van der Waals surface area contributed by atoms with Crippen molar-refractivity contribution in [3.05, 3.63) is 57.8 Å². The van der Waals surface area contributed by atoms with E-state index in [1.54, 1.807) is 0 Å². The summed E-state index contributed by atoms with van der Waals surface area (Å²) in [7, 11) is 0. The van der Waals surface area contributed by atoms with Crippen molar-refractivity contribution < 1.29 is 5.11 Å². The number of rotatable bonds is 7. The summed E-state index contributed by atoms with van der Waals surface area (Å²) in [4.78, 5) is 13.4. The number of piperazine rings is 1. The zero-order chi connectivity index (χ0) is 21.5. The molecule has 0 bridgehead atoms. The van der Waals surface area contributed by atoms with Crippen LogP contribution in [0.15, 0.2) is 46.8 Å². The molecule has 2 aromatic rings.